The van der Waals surface area contributed by atoms with Crippen molar-refractivity contribution >= 4 is 66.6 Å². The number of nitrogens with two attached hydrogens (primary N) is 2. The van der Waals surface area contributed by atoms with Crippen LogP contribution in [0.4, 0.5) is 0 Å². The topological polar surface area (TPSA) is 98.2 Å². The standard InChI is InChI=1S/C2H6Br2N3O2PS2/c3-1(4)2(8)7-10(9,11-5)12-6/h1H,5-6H2,(H,7,8,9). The predicted molar refractivity (Wildman–Crippen MR) is 60.9 cm³/mol. The third kappa shape index (κ3) is 4.50. The third-order valence-electron chi connectivity index (χ3n) is 0.723. The highest BCUT2D eigenvalue weighted by Gasteiger charge is 2.26. The van der Waals surface area contributed by atoms with Gasteiger partial charge in [-0.25, -0.2) is 0 Å². The van der Waals surface area contributed by atoms with Gasteiger partial charge in [-0.3, -0.25) is 24.7 Å². The third-order valence-corrected chi connectivity index (χ3v) is 6.37. The molecule has 0 atom stereocenters. The molecule has 10 heteroatoms. The van der Waals surface area contributed by atoms with E-state index in [1.165, 1.54) is 0 Å². The first-order valence-electron chi connectivity index (χ1n) is 2.42. The number of halogens is 2. The fourth-order valence-corrected chi connectivity index (χ4v) is 2.85. The van der Waals surface area contributed by atoms with E-state index in [0.29, 0.717) is 23.1 Å². The molecular weight excluding hydrogens is 353 g/mol. The molecule has 72 valence electrons. The van der Waals surface area contributed by atoms with Crippen molar-refractivity contribution in [3.63, 3.8) is 0 Å². The van der Waals surface area contributed by atoms with Gasteiger partial charge >= 0.3 is 5.70 Å². The van der Waals surface area contributed by atoms with Gasteiger partial charge in [-0.05, 0) is 0 Å². The highest BCUT2D eigenvalue weighted by Crippen LogP contribution is 2.60. The van der Waals surface area contributed by atoms with Gasteiger partial charge in [-0.1, -0.05) is 31.9 Å². The summed E-state index contributed by atoms with van der Waals surface area (Å²) in [4.78, 5) is 11.0. The van der Waals surface area contributed by atoms with Crippen LogP contribution in [0.25, 0.3) is 0 Å². The summed E-state index contributed by atoms with van der Waals surface area (Å²) >= 11 is 6.94. The first kappa shape index (κ1) is 13.3. The number of nitrogens with one attached hydrogen (secondary N) is 1. The predicted octanol–water partition coefficient (Wildman–Crippen LogP) is 1.54. The van der Waals surface area contributed by atoms with Gasteiger partial charge in [0, 0.05) is 23.1 Å². The van der Waals surface area contributed by atoms with Crippen molar-refractivity contribution in [1.29, 1.82) is 0 Å². The van der Waals surface area contributed by atoms with Crippen molar-refractivity contribution in [2.75, 3.05) is 0 Å². The van der Waals surface area contributed by atoms with Gasteiger partial charge in [0.25, 0.3) is 5.91 Å². The SMILES string of the molecule is NSP(=O)(NC(=O)C(Br)Br)SN. The number of rotatable bonds is 4. The second-order valence-corrected chi connectivity index (χ2v) is 11.2. The maximum Gasteiger partial charge on any atom is 0.308 e. The molecular formula is C2H6Br2N3O2PS2. The fourth-order valence-electron chi connectivity index (χ4n) is 0.261. The zero-order valence-corrected chi connectivity index (χ0v) is 11.3. The summed E-state index contributed by atoms with van der Waals surface area (Å²) in [5.41, 5.74) is -3.06. The molecule has 5 N–H and O–H groups in total. The molecule has 12 heavy (non-hydrogen) atoms. The van der Waals surface area contributed by atoms with E-state index in [-0.39, 0.29) is 0 Å². The maximum absolute atomic E-state index is 11.4. The molecule has 0 unspecified atom stereocenters. The lowest BCUT2D eigenvalue weighted by molar-refractivity contribution is -0.117. The number of carbonyl (C=O) groups is 1. The lowest BCUT2D eigenvalue weighted by atomic mass is 10.8. The Labute approximate surface area is 94.6 Å². The Morgan fingerprint density at radius 2 is 1.83 bits per heavy atom. The van der Waals surface area contributed by atoms with Crippen LogP contribution in [0, 0.1) is 0 Å². The van der Waals surface area contributed by atoms with Crippen LogP contribution in [-0.4, -0.2) is 9.64 Å². The number of alkyl halides is 2. The maximum atomic E-state index is 11.4. The van der Waals surface area contributed by atoms with Gasteiger partial charge in [-0.2, -0.15) is 0 Å². The molecule has 1 amide bonds. The van der Waals surface area contributed by atoms with Crippen LogP contribution in [0.2, 0.25) is 0 Å². The van der Waals surface area contributed by atoms with E-state index < -0.39 is 15.3 Å². The van der Waals surface area contributed by atoms with E-state index in [1.807, 2.05) is 0 Å². The second-order valence-electron chi connectivity index (χ2n) is 1.49. The van der Waals surface area contributed by atoms with E-state index in [4.69, 9.17) is 10.3 Å². The van der Waals surface area contributed by atoms with Crippen molar-refractivity contribution in [1.82, 2.24) is 5.09 Å². The summed E-state index contributed by atoms with van der Waals surface area (Å²) in [7, 11) is 0. The Kier molecular flexibility index (Phi) is 6.52. The molecule has 0 rings (SSSR count). The average Bonchev–Trinajstić information content (AvgIpc) is 2.04. The first-order chi connectivity index (χ1) is 5.45. The van der Waals surface area contributed by atoms with E-state index >= 15 is 0 Å². The van der Waals surface area contributed by atoms with Gasteiger partial charge in [-0.15, -0.1) is 0 Å². The minimum Gasteiger partial charge on any atom is -0.287 e. The molecule has 0 aliphatic heterocycles. The van der Waals surface area contributed by atoms with Crippen LogP contribution in [0.15, 0.2) is 0 Å². The summed E-state index contributed by atoms with van der Waals surface area (Å²) in [5.74, 6) is -0.478. The number of amides is 1. The van der Waals surface area contributed by atoms with Gasteiger partial charge in [0.1, 0.15) is 3.74 Å². The zero-order valence-electron chi connectivity index (χ0n) is 5.57. The van der Waals surface area contributed by atoms with Crippen molar-refractivity contribution in [2.24, 2.45) is 10.3 Å². The first-order valence-corrected chi connectivity index (χ1v) is 8.93. The highest BCUT2D eigenvalue weighted by molar-refractivity contribution is 9.25. The van der Waals surface area contributed by atoms with Crippen molar-refractivity contribution < 1.29 is 9.36 Å². The summed E-state index contributed by atoms with van der Waals surface area (Å²) in [6, 6.07) is 0. The van der Waals surface area contributed by atoms with E-state index in [9.17, 15) is 9.36 Å². The molecule has 0 spiro atoms. The molecule has 0 heterocycles. The Morgan fingerprint density at radius 1 is 1.42 bits per heavy atom. The summed E-state index contributed by atoms with van der Waals surface area (Å²) in [6.45, 7) is 0. The molecule has 0 aliphatic rings. The molecule has 0 aromatic heterocycles. The van der Waals surface area contributed by atoms with Crippen LogP contribution < -0.4 is 15.4 Å². The summed E-state index contributed by atoms with van der Waals surface area (Å²) < 4.78 is 10.8. The van der Waals surface area contributed by atoms with Crippen LogP contribution in [-0.2, 0) is 9.36 Å². The minimum absolute atomic E-state index is 0.478. The lowest BCUT2D eigenvalue weighted by Gasteiger charge is -2.12. The van der Waals surface area contributed by atoms with E-state index in [2.05, 4.69) is 36.9 Å². The van der Waals surface area contributed by atoms with Gasteiger partial charge in [0.15, 0.2) is 0 Å². The lowest BCUT2D eigenvalue weighted by Crippen LogP contribution is -2.24. The number of carbonyl (C=O) groups excluding carboxylic acids is 1. The Balaban J connectivity index is 4.23. The largest absolute Gasteiger partial charge is 0.308 e. The normalized spacial score (nSPS) is 11.8. The van der Waals surface area contributed by atoms with Crippen LogP contribution in [0.5, 0.6) is 0 Å². The summed E-state index contributed by atoms with van der Waals surface area (Å²) in [6.07, 6.45) is 0. The molecule has 0 fully saturated rings. The van der Waals surface area contributed by atoms with E-state index in [0.717, 1.165) is 0 Å². The van der Waals surface area contributed by atoms with Crippen LogP contribution >= 0.6 is 60.7 Å². The second kappa shape index (κ2) is 5.90. The molecule has 5 nitrogen and oxygen atoms in total. The molecule has 0 aliphatic carbocycles. The molecule has 0 radical (unpaired) electrons. The molecule has 0 saturated carbocycles. The van der Waals surface area contributed by atoms with Crippen molar-refractivity contribution in [3.05, 3.63) is 0 Å². The van der Waals surface area contributed by atoms with Gasteiger partial charge in [0.05, 0.1) is 0 Å². The Hall–Kier alpha value is 1.28. The highest BCUT2D eigenvalue weighted by atomic mass is 79.9. The van der Waals surface area contributed by atoms with Gasteiger partial charge < -0.3 is 0 Å². The number of hydrogen-bond acceptors (Lipinski definition) is 6. The van der Waals surface area contributed by atoms with E-state index in [1.54, 1.807) is 0 Å². The molecule has 0 aromatic rings. The summed E-state index contributed by atoms with van der Waals surface area (Å²) in [5, 5.41) is 12.3. The molecule has 0 bridgehead atoms. The van der Waals surface area contributed by atoms with Crippen LogP contribution in [0.1, 0.15) is 0 Å². The molecule has 0 saturated heterocycles. The van der Waals surface area contributed by atoms with Gasteiger partial charge in [0.2, 0.25) is 0 Å². The molecule has 0 aromatic carbocycles. The quantitative estimate of drug-likeness (QED) is 0.400. The van der Waals surface area contributed by atoms with Crippen molar-refractivity contribution in [2.45, 2.75) is 3.74 Å². The monoisotopic (exact) mass is 357 g/mol. The fraction of sp³-hybridized carbons (Fsp3) is 0.500. The smallest absolute Gasteiger partial charge is 0.287 e. The van der Waals surface area contributed by atoms with Crippen molar-refractivity contribution in [3.8, 4) is 0 Å². The zero-order chi connectivity index (χ0) is 9.78. The Morgan fingerprint density at radius 3 is 2.08 bits per heavy atom. The van der Waals surface area contributed by atoms with Crippen LogP contribution in [0.3, 0.4) is 0 Å². The average molecular weight is 359 g/mol. The minimum atomic E-state index is -3.06. The number of hydrogen-bond donors (Lipinski definition) is 3. The Bertz CT molecular complexity index is 206.